The van der Waals surface area contributed by atoms with Gasteiger partial charge in [-0.1, -0.05) is 24.3 Å². The Morgan fingerprint density at radius 2 is 1.67 bits per heavy atom. The summed E-state index contributed by atoms with van der Waals surface area (Å²) in [6.45, 7) is 1.42. The lowest BCUT2D eigenvalue weighted by molar-refractivity contribution is -0.872. The Labute approximate surface area is 143 Å². The summed E-state index contributed by atoms with van der Waals surface area (Å²) in [7, 11) is 7.35. The summed E-state index contributed by atoms with van der Waals surface area (Å²) < 4.78 is 10.4. The molecular weight excluding hydrogens is 304 g/mol. The molecule has 5 nitrogen and oxygen atoms in total. The lowest BCUT2D eigenvalue weighted by Crippen LogP contribution is -3.04. The van der Waals surface area contributed by atoms with Crippen LogP contribution in [0.2, 0.25) is 0 Å². The maximum atomic E-state index is 12.4. The SMILES string of the molecule is COc1ccc(C(=O)NCc2ccccc2C[NH+](C)C)cc1OC. The lowest BCUT2D eigenvalue weighted by Gasteiger charge is -2.13. The Kier molecular flexibility index (Phi) is 6.21. The molecule has 0 heterocycles. The molecule has 2 aromatic rings. The minimum Gasteiger partial charge on any atom is -0.493 e. The Hall–Kier alpha value is -2.53. The van der Waals surface area contributed by atoms with Crippen molar-refractivity contribution in [3.63, 3.8) is 0 Å². The number of carbonyl (C=O) groups is 1. The number of quaternary nitrogens is 1. The van der Waals surface area contributed by atoms with Crippen LogP contribution in [0.1, 0.15) is 21.5 Å². The van der Waals surface area contributed by atoms with Gasteiger partial charge in [0, 0.05) is 17.7 Å². The van der Waals surface area contributed by atoms with Gasteiger partial charge in [0.1, 0.15) is 6.54 Å². The van der Waals surface area contributed by atoms with Crippen LogP contribution in [0.4, 0.5) is 0 Å². The van der Waals surface area contributed by atoms with Gasteiger partial charge in [0.25, 0.3) is 5.91 Å². The molecule has 5 heteroatoms. The van der Waals surface area contributed by atoms with Gasteiger partial charge in [-0.05, 0) is 23.8 Å². The molecule has 0 aromatic heterocycles. The van der Waals surface area contributed by atoms with Crippen molar-refractivity contribution in [1.82, 2.24) is 5.32 Å². The van der Waals surface area contributed by atoms with Gasteiger partial charge in [-0.2, -0.15) is 0 Å². The van der Waals surface area contributed by atoms with Crippen molar-refractivity contribution in [2.75, 3.05) is 28.3 Å². The van der Waals surface area contributed by atoms with Crippen LogP contribution in [0, 0.1) is 0 Å². The molecule has 128 valence electrons. The molecule has 0 aliphatic carbocycles. The zero-order valence-electron chi connectivity index (χ0n) is 14.7. The number of methoxy groups -OCH3 is 2. The maximum absolute atomic E-state index is 12.4. The summed E-state index contributed by atoms with van der Waals surface area (Å²) in [6, 6.07) is 13.3. The summed E-state index contributed by atoms with van der Waals surface area (Å²) in [5, 5.41) is 2.97. The standard InChI is InChI=1S/C19H24N2O3/c1-21(2)13-16-8-6-5-7-15(16)12-20-19(22)14-9-10-17(23-3)18(11-14)24-4/h5-11H,12-13H2,1-4H3,(H,20,22)/p+1. The number of nitrogens with one attached hydrogen (secondary N) is 2. The number of carbonyl (C=O) groups excluding carboxylic acids is 1. The fourth-order valence-electron chi connectivity index (χ4n) is 2.54. The molecule has 0 aliphatic rings. The van der Waals surface area contributed by atoms with E-state index in [1.807, 2.05) is 18.2 Å². The highest BCUT2D eigenvalue weighted by Crippen LogP contribution is 2.27. The average molecular weight is 329 g/mol. The molecule has 0 saturated heterocycles. The van der Waals surface area contributed by atoms with Crippen molar-refractivity contribution in [3.8, 4) is 11.5 Å². The van der Waals surface area contributed by atoms with E-state index in [1.165, 1.54) is 10.5 Å². The molecule has 0 saturated carbocycles. The van der Waals surface area contributed by atoms with Crippen molar-refractivity contribution < 1.29 is 19.2 Å². The third kappa shape index (κ3) is 4.49. The van der Waals surface area contributed by atoms with E-state index in [4.69, 9.17) is 9.47 Å². The van der Waals surface area contributed by atoms with Gasteiger partial charge in [0.2, 0.25) is 0 Å². The summed E-state index contributed by atoms with van der Waals surface area (Å²) in [5.74, 6) is 1.01. The average Bonchev–Trinajstić information content (AvgIpc) is 2.59. The van der Waals surface area contributed by atoms with Crippen LogP contribution in [0.3, 0.4) is 0 Å². The van der Waals surface area contributed by atoms with Gasteiger partial charge in [-0.15, -0.1) is 0 Å². The van der Waals surface area contributed by atoms with Crippen LogP contribution in [-0.4, -0.2) is 34.2 Å². The van der Waals surface area contributed by atoms with Crippen molar-refractivity contribution in [2.24, 2.45) is 0 Å². The van der Waals surface area contributed by atoms with E-state index in [1.54, 1.807) is 32.4 Å². The summed E-state index contributed by atoms with van der Waals surface area (Å²) in [4.78, 5) is 13.7. The maximum Gasteiger partial charge on any atom is 0.251 e. The first kappa shape index (κ1) is 17.8. The lowest BCUT2D eigenvalue weighted by atomic mass is 10.1. The number of ether oxygens (including phenoxy) is 2. The molecule has 0 radical (unpaired) electrons. The number of hydrogen-bond donors (Lipinski definition) is 2. The molecule has 0 aliphatic heterocycles. The predicted octanol–water partition coefficient (Wildman–Crippen LogP) is 1.28. The van der Waals surface area contributed by atoms with Crippen LogP contribution in [-0.2, 0) is 13.1 Å². The second-order valence-corrected chi connectivity index (χ2v) is 5.91. The van der Waals surface area contributed by atoms with Crippen molar-refractivity contribution in [1.29, 1.82) is 0 Å². The van der Waals surface area contributed by atoms with Crippen LogP contribution in [0.25, 0.3) is 0 Å². The normalized spacial score (nSPS) is 10.5. The highest BCUT2D eigenvalue weighted by Gasteiger charge is 2.12. The van der Waals surface area contributed by atoms with Crippen molar-refractivity contribution in [2.45, 2.75) is 13.1 Å². The van der Waals surface area contributed by atoms with Crippen LogP contribution in [0.5, 0.6) is 11.5 Å². The molecule has 2 rings (SSSR count). The predicted molar refractivity (Wildman–Crippen MR) is 93.7 cm³/mol. The van der Waals surface area contributed by atoms with E-state index in [0.717, 1.165) is 12.1 Å². The number of benzene rings is 2. The molecule has 24 heavy (non-hydrogen) atoms. The highest BCUT2D eigenvalue weighted by atomic mass is 16.5. The smallest absolute Gasteiger partial charge is 0.251 e. The molecule has 2 N–H and O–H groups in total. The molecule has 0 spiro atoms. The van der Waals surface area contributed by atoms with E-state index in [2.05, 4.69) is 25.5 Å². The van der Waals surface area contributed by atoms with E-state index in [-0.39, 0.29) is 5.91 Å². The first-order chi connectivity index (χ1) is 11.5. The van der Waals surface area contributed by atoms with E-state index in [9.17, 15) is 4.79 Å². The Balaban J connectivity index is 2.09. The van der Waals surface area contributed by atoms with Gasteiger partial charge in [0.15, 0.2) is 11.5 Å². The van der Waals surface area contributed by atoms with E-state index in [0.29, 0.717) is 23.6 Å². The van der Waals surface area contributed by atoms with Crippen LogP contribution >= 0.6 is 0 Å². The quantitative estimate of drug-likeness (QED) is 0.805. The van der Waals surface area contributed by atoms with Crippen LogP contribution < -0.4 is 19.7 Å². The molecule has 2 aromatic carbocycles. The van der Waals surface area contributed by atoms with Gasteiger partial charge in [0.05, 0.1) is 28.3 Å². The zero-order chi connectivity index (χ0) is 17.5. The number of amides is 1. The summed E-state index contributed by atoms with van der Waals surface area (Å²) in [6.07, 6.45) is 0. The van der Waals surface area contributed by atoms with Gasteiger partial charge >= 0.3 is 0 Å². The molecule has 1 amide bonds. The third-order valence-corrected chi connectivity index (χ3v) is 3.75. The molecule has 0 bridgehead atoms. The van der Waals surface area contributed by atoms with Crippen molar-refractivity contribution in [3.05, 3.63) is 59.2 Å². The second kappa shape index (κ2) is 8.36. The van der Waals surface area contributed by atoms with E-state index >= 15 is 0 Å². The molecule has 0 fully saturated rings. The first-order valence-electron chi connectivity index (χ1n) is 7.91. The summed E-state index contributed by atoms with van der Waals surface area (Å²) in [5.41, 5.74) is 2.92. The number of rotatable bonds is 7. The Bertz CT molecular complexity index is 699. The van der Waals surface area contributed by atoms with Gasteiger partial charge in [-0.25, -0.2) is 0 Å². The first-order valence-corrected chi connectivity index (χ1v) is 7.91. The van der Waals surface area contributed by atoms with Gasteiger partial charge in [-0.3, -0.25) is 4.79 Å². The Morgan fingerprint density at radius 3 is 2.29 bits per heavy atom. The van der Waals surface area contributed by atoms with Crippen molar-refractivity contribution >= 4 is 5.91 Å². The summed E-state index contributed by atoms with van der Waals surface area (Å²) >= 11 is 0. The monoisotopic (exact) mass is 329 g/mol. The fraction of sp³-hybridized carbons (Fsp3) is 0.316. The molecule has 0 unspecified atom stereocenters. The zero-order valence-corrected chi connectivity index (χ0v) is 14.7. The van der Waals surface area contributed by atoms with Gasteiger partial charge < -0.3 is 19.7 Å². The minimum absolute atomic E-state index is 0.136. The Morgan fingerprint density at radius 1 is 1.00 bits per heavy atom. The fourth-order valence-corrected chi connectivity index (χ4v) is 2.54. The molecule has 0 atom stereocenters. The molecular formula is C19H25N2O3+. The van der Waals surface area contributed by atoms with Crippen LogP contribution in [0.15, 0.2) is 42.5 Å². The number of hydrogen-bond acceptors (Lipinski definition) is 3. The minimum atomic E-state index is -0.136. The third-order valence-electron chi connectivity index (χ3n) is 3.75. The van der Waals surface area contributed by atoms with E-state index < -0.39 is 0 Å². The topological polar surface area (TPSA) is 52.0 Å². The highest BCUT2D eigenvalue weighted by molar-refractivity contribution is 5.94. The largest absolute Gasteiger partial charge is 0.493 e. The second-order valence-electron chi connectivity index (χ2n) is 5.91.